The van der Waals surface area contributed by atoms with Gasteiger partial charge in [-0.3, -0.25) is 4.98 Å². The Balaban J connectivity index is 1.92. The van der Waals surface area contributed by atoms with E-state index in [-0.39, 0.29) is 5.56 Å². The third-order valence-corrected chi connectivity index (χ3v) is 6.36. The van der Waals surface area contributed by atoms with Gasteiger partial charge < -0.3 is 10.2 Å². The maximum absolute atomic E-state index is 14.6. The molecule has 0 saturated heterocycles. The molecule has 1 atom stereocenters. The molecule has 2 aromatic carbocycles. The Bertz CT molecular complexity index is 1150. The van der Waals surface area contributed by atoms with E-state index in [9.17, 15) is 13.6 Å². The van der Waals surface area contributed by atoms with Crippen LogP contribution in [0, 0.1) is 18.6 Å². The number of oxazole rings is 1. The first-order chi connectivity index (χ1) is 14.4. The topological polar surface area (TPSA) is 87.6 Å². The molecule has 0 radical (unpaired) electrons. The molecule has 0 bridgehead atoms. The second-order valence-electron chi connectivity index (χ2n) is 6.91. The molecule has 156 valence electrons. The Labute approximate surface area is 175 Å². The number of anilines is 1. The molecule has 0 saturated carbocycles. The fraction of sp³-hybridized carbons (Fsp3) is 0.238. The van der Waals surface area contributed by atoms with Crippen LogP contribution in [0.15, 0.2) is 62.8 Å². The minimum Gasteiger partial charge on any atom is -0.411 e. The highest BCUT2D eigenvalue weighted by atomic mass is 32.2. The summed E-state index contributed by atoms with van der Waals surface area (Å²) in [5.74, 6) is -1.05. The molecule has 4 rings (SSSR count). The number of halogens is 2. The third kappa shape index (κ3) is 3.54. The van der Waals surface area contributed by atoms with Crippen LogP contribution in [0.3, 0.4) is 0 Å². The number of nitrogens with two attached hydrogens (primary N) is 1. The molecular formula is C21H20F2N4O2S. The fourth-order valence-corrected chi connectivity index (χ4v) is 4.95. The van der Waals surface area contributed by atoms with Gasteiger partial charge in [0.05, 0.1) is 0 Å². The number of benzene rings is 2. The van der Waals surface area contributed by atoms with E-state index in [2.05, 4.69) is 10.1 Å². The van der Waals surface area contributed by atoms with Crippen molar-refractivity contribution in [2.75, 3.05) is 11.6 Å². The summed E-state index contributed by atoms with van der Waals surface area (Å²) >= 11 is 1.30. The van der Waals surface area contributed by atoms with Crippen LogP contribution in [-0.2, 0) is 4.87 Å². The SMILES string of the molecule is Cc1oc(=O)[nH]c1N1N=C(c2cc(F)ccc2F)SC1(CCCN)c1ccccc1. The number of thioether (sulfide) groups is 1. The van der Waals surface area contributed by atoms with Crippen LogP contribution in [0.25, 0.3) is 0 Å². The van der Waals surface area contributed by atoms with Gasteiger partial charge in [0.25, 0.3) is 0 Å². The normalized spacial score (nSPS) is 18.7. The second-order valence-corrected chi connectivity index (χ2v) is 8.17. The van der Waals surface area contributed by atoms with Gasteiger partial charge in [-0.1, -0.05) is 42.1 Å². The van der Waals surface area contributed by atoms with Gasteiger partial charge in [0, 0.05) is 5.56 Å². The van der Waals surface area contributed by atoms with E-state index in [4.69, 9.17) is 10.2 Å². The Morgan fingerprint density at radius 3 is 2.67 bits per heavy atom. The maximum Gasteiger partial charge on any atom is 0.418 e. The van der Waals surface area contributed by atoms with E-state index in [0.717, 1.165) is 23.8 Å². The number of nitrogens with zero attached hydrogens (tertiary/aromatic N) is 2. The molecular weight excluding hydrogens is 410 g/mol. The lowest BCUT2D eigenvalue weighted by Crippen LogP contribution is -2.38. The second kappa shape index (κ2) is 8.08. The quantitative estimate of drug-likeness (QED) is 0.616. The van der Waals surface area contributed by atoms with E-state index >= 15 is 0 Å². The molecule has 0 amide bonds. The monoisotopic (exact) mass is 430 g/mol. The number of hydrazone groups is 1. The summed E-state index contributed by atoms with van der Waals surface area (Å²) in [6.07, 6.45) is 1.20. The maximum atomic E-state index is 14.6. The predicted octanol–water partition coefficient (Wildman–Crippen LogP) is 4.06. The summed E-state index contributed by atoms with van der Waals surface area (Å²) in [7, 11) is 0. The molecule has 9 heteroatoms. The molecule has 1 aromatic heterocycles. The summed E-state index contributed by atoms with van der Waals surface area (Å²) in [5.41, 5.74) is 6.74. The summed E-state index contributed by atoms with van der Waals surface area (Å²) in [5, 5.41) is 6.55. The largest absolute Gasteiger partial charge is 0.418 e. The number of rotatable bonds is 6. The first-order valence-electron chi connectivity index (χ1n) is 9.43. The fourth-order valence-electron chi connectivity index (χ4n) is 3.52. The highest BCUT2D eigenvalue weighted by Crippen LogP contribution is 2.52. The third-order valence-electron chi connectivity index (χ3n) is 4.91. The lowest BCUT2D eigenvalue weighted by molar-refractivity contribution is 0.484. The zero-order valence-corrected chi connectivity index (χ0v) is 17.0. The van der Waals surface area contributed by atoms with Gasteiger partial charge in [0.1, 0.15) is 27.3 Å². The van der Waals surface area contributed by atoms with E-state index in [0.29, 0.717) is 36.0 Å². The van der Waals surface area contributed by atoms with Crippen molar-refractivity contribution < 1.29 is 13.2 Å². The van der Waals surface area contributed by atoms with Gasteiger partial charge in [0.2, 0.25) is 0 Å². The van der Waals surface area contributed by atoms with Gasteiger partial charge in [-0.25, -0.2) is 18.6 Å². The molecule has 1 aliphatic rings. The Kier molecular flexibility index (Phi) is 5.48. The number of aromatic amines is 1. The molecule has 30 heavy (non-hydrogen) atoms. The number of aryl methyl sites for hydroxylation is 1. The van der Waals surface area contributed by atoms with Crippen LogP contribution in [-0.4, -0.2) is 16.6 Å². The van der Waals surface area contributed by atoms with Crippen molar-refractivity contribution in [3.8, 4) is 0 Å². The average molecular weight is 430 g/mol. The highest BCUT2D eigenvalue weighted by molar-refractivity contribution is 8.15. The van der Waals surface area contributed by atoms with Gasteiger partial charge in [-0.15, -0.1) is 0 Å². The van der Waals surface area contributed by atoms with Crippen LogP contribution < -0.4 is 16.5 Å². The van der Waals surface area contributed by atoms with E-state index < -0.39 is 22.3 Å². The average Bonchev–Trinajstić information content (AvgIpc) is 3.28. The summed E-state index contributed by atoms with van der Waals surface area (Å²) in [4.78, 5) is 13.7. The van der Waals surface area contributed by atoms with E-state index in [1.165, 1.54) is 11.8 Å². The van der Waals surface area contributed by atoms with Crippen molar-refractivity contribution in [1.82, 2.24) is 4.98 Å². The lowest BCUT2D eigenvalue weighted by atomic mass is 10.00. The summed E-state index contributed by atoms with van der Waals surface area (Å²) in [6, 6.07) is 12.8. The van der Waals surface area contributed by atoms with Crippen molar-refractivity contribution in [1.29, 1.82) is 0 Å². The number of aromatic nitrogens is 1. The van der Waals surface area contributed by atoms with Crippen molar-refractivity contribution in [3.05, 3.63) is 87.6 Å². The number of hydrogen-bond acceptors (Lipinski definition) is 6. The van der Waals surface area contributed by atoms with Gasteiger partial charge in [0.15, 0.2) is 5.82 Å². The molecule has 0 spiro atoms. The van der Waals surface area contributed by atoms with E-state index in [1.807, 2.05) is 30.3 Å². The van der Waals surface area contributed by atoms with Gasteiger partial charge >= 0.3 is 5.76 Å². The Morgan fingerprint density at radius 1 is 1.23 bits per heavy atom. The predicted molar refractivity (Wildman–Crippen MR) is 113 cm³/mol. The van der Waals surface area contributed by atoms with Crippen molar-refractivity contribution in [2.24, 2.45) is 10.8 Å². The highest BCUT2D eigenvalue weighted by Gasteiger charge is 2.47. The smallest absolute Gasteiger partial charge is 0.411 e. The molecule has 1 aliphatic heterocycles. The van der Waals surface area contributed by atoms with Crippen LogP contribution in [0.4, 0.5) is 14.6 Å². The molecule has 3 N–H and O–H groups in total. The van der Waals surface area contributed by atoms with Crippen molar-refractivity contribution in [3.63, 3.8) is 0 Å². The summed E-state index contributed by atoms with van der Waals surface area (Å²) in [6.45, 7) is 2.08. The van der Waals surface area contributed by atoms with Crippen molar-refractivity contribution >= 4 is 22.6 Å². The molecule has 2 heterocycles. The number of nitrogens with one attached hydrogen (secondary N) is 1. The molecule has 6 nitrogen and oxygen atoms in total. The molecule has 1 unspecified atom stereocenters. The van der Waals surface area contributed by atoms with Crippen molar-refractivity contribution in [2.45, 2.75) is 24.6 Å². The molecule has 0 fully saturated rings. The summed E-state index contributed by atoms with van der Waals surface area (Å²) < 4.78 is 33.6. The zero-order chi connectivity index (χ0) is 21.3. The van der Waals surface area contributed by atoms with Crippen LogP contribution in [0.5, 0.6) is 0 Å². The first kappa shape index (κ1) is 20.4. The molecule has 0 aliphatic carbocycles. The standard InChI is InChI=1S/C21H20F2N4O2S/c1-13-18(25-20(28)29-13)27-21(10-5-11-24,14-6-3-2-4-7-14)30-19(26-27)16-12-15(22)8-9-17(16)23/h2-4,6-9,12H,5,10-11,24H2,1H3,(H,25,28). The number of H-pyrrole nitrogens is 1. The number of hydrogen-bond donors (Lipinski definition) is 2. The van der Waals surface area contributed by atoms with Crippen LogP contribution >= 0.6 is 11.8 Å². The Hall–Kier alpha value is -2.91. The zero-order valence-electron chi connectivity index (χ0n) is 16.2. The first-order valence-corrected chi connectivity index (χ1v) is 10.2. The Morgan fingerprint density at radius 2 is 2.00 bits per heavy atom. The van der Waals surface area contributed by atoms with Crippen LogP contribution in [0.1, 0.15) is 29.7 Å². The van der Waals surface area contributed by atoms with E-state index in [1.54, 1.807) is 11.9 Å². The lowest BCUT2D eigenvalue weighted by Gasteiger charge is -2.36. The molecule has 3 aromatic rings. The van der Waals surface area contributed by atoms with Gasteiger partial charge in [-0.2, -0.15) is 5.10 Å². The van der Waals surface area contributed by atoms with Crippen LogP contribution in [0.2, 0.25) is 0 Å². The van der Waals surface area contributed by atoms with Gasteiger partial charge in [-0.05, 0) is 50.1 Å². The minimum absolute atomic E-state index is 0.0547. The minimum atomic E-state index is -0.827.